The van der Waals surface area contributed by atoms with Crippen LogP contribution in [0.5, 0.6) is 11.5 Å². The van der Waals surface area contributed by atoms with Gasteiger partial charge in [0.1, 0.15) is 0 Å². The Balaban J connectivity index is 2.04. The number of rotatable bonds is 7. The van der Waals surface area contributed by atoms with E-state index in [2.05, 4.69) is 37.4 Å². The van der Waals surface area contributed by atoms with Crippen LogP contribution in [0.1, 0.15) is 19.4 Å². The topological polar surface area (TPSA) is 30.5 Å². The summed E-state index contributed by atoms with van der Waals surface area (Å²) in [5.74, 6) is 2.07. The van der Waals surface area contributed by atoms with Crippen molar-refractivity contribution in [3.05, 3.63) is 54.1 Å². The highest BCUT2D eigenvalue weighted by Crippen LogP contribution is 2.28. The molecular weight excluding hydrogens is 262 g/mol. The van der Waals surface area contributed by atoms with Crippen molar-refractivity contribution >= 4 is 5.69 Å². The Morgan fingerprint density at radius 1 is 1.00 bits per heavy atom. The predicted molar refractivity (Wildman–Crippen MR) is 87.1 cm³/mol. The zero-order chi connectivity index (χ0) is 15.1. The number of nitrogens with one attached hydrogen (secondary N) is 1. The van der Waals surface area contributed by atoms with Crippen molar-refractivity contribution in [1.29, 1.82) is 0 Å². The van der Waals surface area contributed by atoms with Crippen molar-refractivity contribution < 1.29 is 9.47 Å². The van der Waals surface area contributed by atoms with Crippen LogP contribution in [0.15, 0.2) is 48.5 Å². The third-order valence-corrected chi connectivity index (χ3v) is 3.07. The molecule has 0 aliphatic heterocycles. The molecule has 0 aliphatic carbocycles. The van der Waals surface area contributed by atoms with Crippen LogP contribution in [0, 0.1) is 5.92 Å². The summed E-state index contributed by atoms with van der Waals surface area (Å²) < 4.78 is 11.2. The summed E-state index contributed by atoms with van der Waals surface area (Å²) >= 11 is 0. The van der Waals surface area contributed by atoms with Gasteiger partial charge >= 0.3 is 0 Å². The standard InChI is InChI=1S/C18H23NO2/c1-14(2)13-21-18-11-15(9-10-17(18)20-3)12-19-16-7-5-4-6-8-16/h4-11,14,19H,12-13H2,1-3H3. The van der Waals surface area contributed by atoms with Gasteiger partial charge in [-0.1, -0.05) is 38.1 Å². The normalized spacial score (nSPS) is 10.5. The quantitative estimate of drug-likeness (QED) is 0.820. The lowest BCUT2D eigenvalue weighted by atomic mass is 10.2. The molecule has 0 radical (unpaired) electrons. The molecule has 0 heterocycles. The summed E-state index contributed by atoms with van der Waals surface area (Å²) in [6.07, 6.45) is 0. The maximum absolute atomic E-state index is 5.83. The third-order valence-electron chi connectivity index (χ3n) is 3.07. The molecule has 0 atom stereocenters. The molecule has 3 heteroatoms. The lowest BCUT2D eigenvalue weighted by Crippen LogP contribution is -2.06. The van der Waals surface area contributed by atoms with Crippen LogP contribution in [0.25, 0.3) is 0 Å². The van der Waals surface area contributed by atoms with Crippen molar-refractivity contribution in [3.8, 4) is 11.5 Å². The van der Waals surface area contributed by atoms with Crippen LogP contribution in [0.4, 0.5) is 5.69 Å². The molecule has 112 valence electrons. The lowest BCUT2D eigenvalue weighted by molar-refractivity contribution is 0.256. The van der Waals surface area contributed by atoms with E-state index in [0.717, 1.165) is 23.7 Å². The number of benzene rings is 2. The zero-order valence-electron chi connectivity index (χ0n) is 12.9. The van der Waals surface area contributed by atoms with E-state index < -0.39 is 0 Å². The van der Waals surface area contributed by atoms with Crippen molar-refractivity contribution in [2.45, 2.75) is 20.4 Å². The van der Waals surface area contributed by atoms with Crippen molar-refractivity contribution in [1.82, 2.24) is 0 Å². The van der Waals surface area contributed by atoms with Crippen LogP contribution in [0.2, 0.25) is 0 Å². The van der Waals surface area contributed by atoms with Gasteiger partial charge < -0.3 is 14.8 Å². The third kappa shape index (κ3) is 4.71. The minimum Gasteiger partial charge on any atom is -0.493 e. The molecule has 0 fully saturated rings. The monoisotopic (exact) mass is 285 g/mol. The van der Waals surface area contributed by atoms with Crippen molar-refractivity contribution in [3.63, 3.8) is 0 Å². The molecule has 1 N–H and O–H groups in total. The average molecular weight is 285 g/mol. The van der Waals surface area contributed by atoms with Crippen LogP contribution < -0.4 is 14.8 Å². The van der Waals surface area contributed by atoms with Gasteiger partial charge in [0.25, 0.3) is 0 Å². The van der Waals surface area contributed by atoms with E-state index >= 15 is 0 Å². The Morgan fingerprint density at radius 3 is 2.43 bits per heavy atom. The molecule has 0 aromatic heterocycles. The molecular formula is C18H23NO2. The Kier molecular flexibility index (Phi) is 5.50. The van der Waals surface area contributed by atoms with E-state index in [0.29, 0.717) is 12.5 Å². The molecule has 0 spiro atoms. The first kappa shape index (κ1) is 15.2. The maximum atomic E-state index is 5.83. The van der Waals surface area contributed by atoms with Crippen LogP contribution >= 0.6 is 0 Å². The van der Waals surface area contributed by atoms with E-state index in [-0.39, 0.29) is 0 Å². The lowest BCUT2D eigenvalue weighted by Gasteiger charge is -2.14. The minimum absolute atomic E-state index is 0.487. The van der Waals surface area contributed by atoms with E-state index in [9.17, 15) is 0 Å². The Hall–Kier alpha value is -2.16. The number of methoxy groups -OCH3 is 1. The van der Waals surface area contributed by atoms with Crippen molar-refractivity contribution in [2.75, 3.05) is 19.0 Å². The number of ether oxygens (including phenoxy) is 2. The fraction of sp³-hybridized carbons (Fsp3) is 0.333. The molecule has 21 heavy (non-hydrogen) atoms. The van der Waals surface area contributed by atoms with Crippen LogP contribution in [-0.2, 0) is 6.54 Å². The van der Waals surface area contributed by atoms with Crippen LogP contribution in [0.3, 0.4) is 0 Å². The highest BCUT2D eigenvalue weighted by atomic mass is 16.5. The van der Waals surface area contributed by atoms with Crippen LogP contribution in [-0.4, -0.2) is 13.7 Å². The van der Waals surface area contributed by atoms with E-state index in [1.807, 2.05) is 30.3 Å². The number of hydrogen-bond acceptors (Lipinski definition) is 3. The SMILES string of the molecule is COc1ccc(CNc2ccccc2)cc1OCC(C)C. The molecule has 0 unspecified atom stereocenters. The largest absolute Gasteiger partial charge is 0.493 e. The summed E-state index contributed by atoms with van der Waals surface area (Å²) in [5.41, 5.74) is 2.27. The first-order valence-electron chi connectivity index (χ1n) is 7.27. The number of para-hydroxylation sites is 1. The van der Waals surface area contributed by atoms with Gasteiger partial charge in [-0.25, -0.2) is 0 Å². The molecule has 0 amide bonds. The number of hydrogen-bond donors (Lipinski definition) is 1. The van der Waals surface area contributed by atoms with Crippen molar-refractivity contribution in [2.24, 2.45) is 5.92 Å². The average Bonchev–Trinajstić information content (AvgIpc) is 2.52. The van der Waals surface area contributed by atoms with E-state index in [4.69, 9.17) is 9.47 Å². The molecule has 2 rings (SSSR count). The van der Waals surface area contributed by atoms with E-state index in [1.54, 1.807) is 7.11 Å². The Labute approximate surface area is 126 Å². The maximum Gasteiger partial charge on any atom is 0.161 e. The second-order valence-electron chi connectivity index (χ2n) is 5.41. The zero-order valence-corrected chi connectivity index (χ0v) is 12.9. The molecule has 0 aliphatic rings. The van der Waals surface area contributed by atoms with Gasteiger partial charge in [0.05, 0.1) is 13.7 Å². The second-order valence-corrected chi connectivity index (χ2v) is 5.41. The summed E-state index contributed by atoms with van der Waals surface area (Å²) in [6, 6.07) is 16.2. The smallest absolute Gasteiger partial charge is 0.161 e. The van der Waals surface area contributed by atoms with Gasteiger partial charge in [0, 0.05) is 12.2 Å². The molecule has 2 aromatic rings. The molecule has 0 saturated carbocycles. The highest BCUT2D eigenvalue weighted by Gasteiger charge is 2.07. The Bertz CT molecular complexity index is 552. The summed E-state index contributed by atoms with van der Waals surface area (Å²) in [5, 5.41) is 3.39. The molecule has 3 nitrogen and oxygen atoms in total. The number of anilines is 1. The first-order valence-corrected chi connectivity index (χ1v) is 7.27. The second kappa shape index (κ2) is 7.58. The Morgan fingerprint density at radius 2 is 1.76 bits per heavy atom. The van der Waals surface area contributed by atoms with E-state index in [1.165, 1.54) is 5.56 Å². The first-order chi connectivity index (χ1) is 10.2. The van der Waals surface area contributed by atoms with Gasteiger partial charge in [0.2, 0.25) is 0 Å². The fourth-order valence-corrected chi connectivity index (χ4v) is 1.96. The summed E-state index contributed by atoms with van der Waals surface area (Å²) in [7, 11) is 1.67. The van der Waals surface area contributed by atoms with Gasteiger partial charge in [0.15, 0.2) is 11.5 Å². The molecule has 0 bridgehead atoms. The highest BCUT2D eigenvalue weighted by molar-refractivity contribution is 5.46. The molecule has 0 saturated heterocycles. The van der Waals surface area contributed by atoms with Gasteiger partial charge in [-0.2, -0.15) is 0 Å². The summed E-state index contributed by atoms with van der Waals surface area (Å²) in [6.45, 7) is 5.71. The summed E-state index contributed by atoms with van der Waals surface area (Å²) in [4.78, 5) is 0. The van der Waals surface area contributed by atoms with Gasteiger partial charge in [-0.15, -0.1) is 0 Å². The fourth-order valence-electron chi connectivity index (χ4n) is 1.96. The van der Waals surface area contributed by atoms with Gasteiger partial charge in [-0.05, 0) is 35.7 Å². The predicted octanol–water partition coefficient (Wildman–Crippen LogP) is 4.34. The molecule has 2 aromatic carbocycles. The van der Waals surface area contributed by atoms with Gasteiger partial charge in [-0.3, -0.25) is 0 Å². The minimum atomic E-state index is 0.487.